The summed E-state index contributed by atoms with van der Waals surface area (Å²) in [6.45, 7) is 2.71. The fourth-order valence-corrected chi connectivity index (χ4v) is 4.64. The summed E-state index contributed by atoms with van der Waals surface area (Å²) in [6, 6.07) is 6.63. The Kier molecular flexibility index (Phi) is 8.28. The minimum Gasteiger partial charge on any atom is -0.391 e. The molecule has 0 radical (unpaired) electrons. The van der Waals surface area contributed by atoms with Gasteiger partial charge in [-0.15, -0.1) is 0 Å². The Hall–Kier alpha value is -2.26. The number of hydrogen-bond acceptors (Lipinski definition) is 4. The van der Waals surface area contributed by atoms with Gasteiger partial charge in [-0.25, -0.2) is 0 Å². The van der Waals surface area contributed by atoms with Crippen molar-refractivity contribution >= 4 is 23.3 Å². The molecule has 1 aromatic carbocycles. The minimum absolute atomic E-state index is 0.119. The number of carbonyl (C=O) groups excluding carboxylic acids is 1. The number of allylic oxidation sites excluding steroid dienone is 1. The quantitative estimate of drug-likeness (QED) is 0.407. The molecular formula is C23H31ClF3N5O. The Balaban J connectivity index is 1.66. The number of benzene rings is 1. The van der Waals surface area contributed by atoms with E-state index in [2.05, 4.69) is 17.6 Å². The van der Waals surface area contributed by atoms with E-state index in [9.17, 15) is 18.0 Å². The fraction of sp³-hybridized carbons (Fsp3) is 0.565. The molecule has 10 heteroatoms. The average Bonchev–Trinajstić information content (AvgIpc) is 3.16. The number of amidine groups is 1. The lowest BCUT2D eigenvalue weighted by atomic mass is 9.96. The van der Waals surface area contributed by atoms with Crippen LogP contribution in [0.2, 0.25) is 5.02 Å². The fourth-order valence-electron chi connectivity index (χ4n) is 4.52. The minimum atomic E-state index is -4.35. The molecule has 2 aliphatic rings. The largest absolute Gasteiger partial charge is 0.401 e. The Labute approximate surface area is 197 Å². The van der Waals surface area contributed by atoms with E-state index in [1.807, 2.05) is 11.9 Å². The number of amides is 1. The first-order valence-electron chi connectivity index (χ1n) is 11.2. The van der Waals surface area contributed by atoms with Crippen molar-refractivity contribution in [2.75, 3.05) is 46.3 Å². The second-order valence-corrected chi connectivity index (χ2v) is 9.03. The van der Waals surface area contributed by atoms with E-state index >= 15 is 0 Å². The van der Waals surface area contributed by atoms with E-state index in [1.54, 1.807) is 29.2 Å². The number of halogens is 4. The highest BCUT2D eigenvalue weighted by atomic mass is 35.5. The van der Waals surface area contributed by atoms with Crippen LogP contribution >= 0.6 is 11.6 Å². The van der Waals surface area contributed by atoms with Gasteiger partial charge in [0.2, 0.25) is 5.91 Å². The van der Waals surface area contributed by atoms with E-state index in [-0.39, 0.29) is 12.5 Å². The van der Waals surface area contributed by atoms with Crippen LogP contribution in [0.15, 0.2) is 35.5 Å². The maximum atomic E-state index is 13.3. The van der Waals surface area contributed by atoms with Crippen LogP contribution in [0.4, 0.5) is 13.2 Å². The van der Waals surface area contributed by atoms with Crippen LogP contribution in [-0.4, -0.2) is 74.0 Å². The Morgan fingerprint density at radius 2 is 1.79 bits per heavy atom. The van der Waals surface area contributed by atoms with Crippen molar-refractivity contribution in [1.29, 1.82) is 5.41 Å². The van der Waals surface area contributed by atoms with Gasteiger partial charge in [-0.3, -0.25) is 10.2 Å². The normalized spacial score (nSPS) is 20.2. The third-order valence-corrected chi connectivity index (χ3v) is 6.61. The Bertz CT molecular complexity index is 879. The van der Waals surface area contributed by atoms with Gasteiger partial charge in [-0.1, -0.05) is 30.7 Å². The van der Waals surface area contributed by atoms with Crippen LogP contribution in [0, 0.1) is 11.3 Å². The number of rotatable bonds is 7. The summed E-state index contributed by atoms with van der Waals surface area (Å²) in [5.74, 6) is -0.155. The molecule has 6 nitrogen and oxygen atoms in total. The lowest BCUT2D eigenvalue weighted by Crippen LogP contribution is -2.53. The zero-order chi connectivity index (χ0) is 24.2. The third kappa shape index (κ3) is 6.41. The van der Waals surface area contributed by atoms with Crippen LogP contribution in [0.1, 0.15) is 31.2 Å². The van der Waals surface area contributed by atoms with Crippen molar-refractivity contribution in [2.45, 2.75) is 31.9 Å². The molecule has 1 aromatic rings. The summed E-state index contributed by atoms with van der Waals surface area (Å²) in [7, 11) is 1.88. The maximum Gasteiger partial charge on any atom is 0.401 e. The molecule has 0 aromatic heterocycles. The summed E-state index contributed by atoms with van der Waals surface area (Å²) >= 11 is 5.95. The molecule has 0 saturated carbocycles. The second-order valence-electron chi connectivity index (χ2n) is 8.59. The standard InChI is InChI=1S/C23H31ClF3N5O/c1-15-3-8-19(29-2)20(15)21(28)31-9-11-32(12-10-31)22(33)18(13-30-14-23(25,26)27)16-4-6-17(24)7-5-16/h4-7,15,18,28-30H,3,8-14H2,1-2H3/t15-,18?/m1/s1. The highest BCUT2D eigenvalue weighted by molar-refractivity contribution is 6.30. The summed E-state index contributed by atoms with van der Waals surface area (Å²) in [5.41, 5.74) is 2.76. The predicted octanol–water partition coefficient (Wildman–Crippen LogP) is 3.60. The first-order chi connectivity index (χ1) is 15.6. The summed E-state index contributed by atoms with van der Waals surface area (Å²) in [6.07, 6.45) is -2.40. The molecular weight excluding hydrogens is 455 g/mol. The van der Waals surface area contributed by atoms with Crippen LogP contribution in [0.25, 0.3) is 0 Å². The van der Waals surface area contributed by atoms with Gasteiger partial charge in [0.15, 0.2) is 0 Å². The molecule has 1 aliphatic carbocycles. The summed E-state index contributed by atoms with van der Waals surface area (Å²) in [4.78, 5) is 17.0. The summed E-state index contributed by atoms with van der Waals surface area (Å²) < 4.78 is 37.9. The van der Waals surface area contributed by atoms with Gasteiger partial charge in [0.05, 0.1) is 12.5 Å². The van der Waals surface area contributed by atoms with Crippen molar-refractivity contribution in [1.82, 2.24) is 20.4 Å². The van der Waals surface area contributed by atoms with E-state index < -0.39 is 18.6 Å². The molecule has 2 atom stereocenters. The van der Waals surface area contributed by atoms with Gasteiger partial charge in [-0.2, -0.15) is 13.2 Å². The van der Waals surface area contributed by atoms with Gasteiger partial charge in [0.1, 0.15) is 5.84 Å². The van der Waals surface area contributed by atoms with Gasteiger partial charge < -0.3 is 20.4 Å². The molecule has 3 N–H and O–H groups in total. The van der Waals surface area contributed by atoms with E-state index in [0.29, 0.717) is 48.5 Å². The van der Waals surface area contributed by atoms with Crippen molar-refractivity contribution in [3.63, 3.8) is 0 Å². The van der Waals surface area contributed by atoms with Crippen molar-refractivity contribution in [3.05, 3.63) is 46.1 Å². The maximum absolute atomic E-state index is 13.3. The predicted molar refractivity (Wildman–Crippen MR) is 123 cm³/mol. The molecule has 0 bridgehead atoms. The van der Waals surface area contributed by atoms with E-state index in [4.69, 9.17) is 17.0 Å². The zero-order valence-corrected chi connectivity index (χ0v) is 19.7. The first kappa shape index (κ1) is 25.4. The number of alkyl halides is 3. The zero-order valence-electron chi connectivity index (χ0n) is 18.9. The average molecular weight is 486 g/mol. The molecule has 1 unspecified atom stereocenters. The molecule has 1 amide bonds. The monoisotopic (exact) mass is 485 g/mol. The second kappa shape index (κ2) is 10.8. The molecule has 0 spiro atoms. The van der Waals surface area contributed by atoms with E-state index in [0.717, 1.165) is 24.1 Å². The summed E-state index contributed by atoms with van der Waals surface area (Å²) in [5, 5.41) is 14.8. The Morgan fingerprint density at radius 3 is 2.36 bits per heavy atom. The van der Waals surface area contributed by atoms with Gasteiger partial charge >= 0.3 is 6.18 Å². The van der Waals surface area contributed by atoms with Gasteiger partial charge in [0.25, 0.3) is 0 Å². The van der Waals surface area contributed by atoms with Crippen molar-refractivity contribution in [2.24, 2.45) is 5.92 Å². The third-order valence-electron chi connectivity index (χ3n) is 6.35. The SMILES string of the molecule is CNC1=C(C(=N)N2CCN(C(=O)C(CNCC(F)(F)F)c3ccc(Cl)cc3)CC2)[C@H](C)CC1. The first-order valence-corrected chi connectivity index (χ1v) is 11.5. The number of nitrogens with one attached hydrogen (secondary N) is 3. The van der Waals surface area contributed by atoms with Crippen LogP contribution in [0.5, 0.6) is 0 Å². The lowest BCUT2D eigenvalue weighted by Gasteiger charge is -2.38. The number of piperazine rings is 1. The molecule has 1 aliphatic heterocycles. The highest BCUT2D eigenvalue weighted by Crippen LogP contribution is 2.32. The van der Waals surface area contributed by atoms with Crippen LogP contribution < -0.4 is 10.6 Å². The van der Waals surface area contributed by atoms with Gasteiger partial charge in [0, 0.05) is 56.1 Å². The van der Waals surface area contributed by atoms with Crippen LogP contribution in [0.3, 0.4) is 0 Å². The number of hydrogen-bond donors (Lipinski definition) is 3. The highest BCUT2D eigenvalue weighted by Gasteiger charge is 2.33. The topological polar surface area (TPSA) is 71.5 Å². The van der Waals surface area contributed by atoms with E-state index in [1.165, 1.54) is 0 Å². The van der Waals surface area contributed by atoms with Crippen LogP contribution in [-0.2, 0) is 4.79 Å². The Morgan fingerprint density at radius 1 is 1.18 bits per heavy atom. The van der Waals surface area contributed by atoms with Gasteiger partial charge in [-0.05, 0) is 36.5 Å². The number of carbonyl (C=O) groups is 1. The lowest BCUT2D eigenvalue weighted by molar-refractivity contribution is -0.135. The molecule has 1 heterocycles. The molecule has 3 rings (SSSR count). The number of nitrogens with zero attached hydrogens (tertiary/aromatic N) is 2. The molecule has 1 saturated heterocycles. The van der Waals surface area contributed by atoms with Crippen molar-refractivity contribution in [3.8, 4) is 0 Å². The molecule has 33 heavy (non-hydrogen) atoms. The van der Waals surface area contributed by atoms with Crippen molar-refractivity contribution < 1.29 is 18.0 Å². The molecule has 182 valence electrons. The smallest absolute Gasteiger partial charge is 0.391 e. The molecule has 1 fully saturated rings.